The quantitative estimate of drug-likeness (QED) is 0.459. The number of alkyl halides is 3. The molecule has 100 valence electrons. The van der Waals surface area contributed by atoms with Gasteiger partial charge in [0.05, 0.1) is 5.92 Å². The zero-order valence-corrected chi connectivity index (χ0v) is 15.6. The van der Waals surface area contributed by atoms with Crippen LogP contribution < -0.4 is 0 Å². The van der Waals surface area contributed by atoms with Crippen LogP contribution in [0.2, 0.25) is 0 Å². The molecule has 1 fully saturated rings. The summed E-state index contributed by atoms with van der Waals surface area (Å²) in [6.07, 6.45) is 0.837. The van der Waals surface area contributed by atoms with Gasteiger partial charge in [-0.15, -0.1) is 0 Å². The minimum atomic E-state index is -0.408. The monoisotopic (exact) mass is 432 g/mol. The van der Waals surface area contributed by atoms with Gasteiger partial charge in [0.2, 0.25) is 0 Å². The fraction of sp³-hybridized carbons (Fsp3) is 0.917. The van der Waals surface area contributed by atoms with E-state index in [-0.39, 0.29) is 19.4 Å². The highest BCUT2D eigenvalue weighted by Gasteiger charge is 2.63. The molecule has 1 rings (SSSR count). The lowest BCUT2D eigenvalue weighted by molar-refractivity contribution is -0.157. The SMILES string of the molecule is CC(C)(C)OC(=O)C1C(CC(Br)(Br)Br)C1(C)C. The second kappa shape index (κ2) is 4.78. The molecule has 0 saturated heterocycles. The summed E-state index contributed by atoms with van der Waals surface area (Å²) in [6.45, 7) is 9.94. The topological polar surface area (TPSA) is 26.3 Å². The fourth-order valence-electron chi connectivity index (χ4n) is 2.21. The predicted octanol–water partition coefficient (Wildman–Crippen LogP) is 4.83. The Bertz CT molecular complexity index is 313. The molecule has 0 heterocycles. The van der Waals surface area contributed by atoms with Gasteiger partial charge < -0.3 is 4.74 Å². The van der Waals surface area contributed by atoms with Crippen LogP contribution in [0.15, 0.2) is 0 Å². The Labute approximate surface area is 129 Å². The summed E-state index contributed by atoms with van der Waals surface area (Å²) >= 11 is 10.5. The number of hydrogen-bond donors (Lipinski definition) is 0. The second-order valence-corrected chi connectivity index (χ2v) is 13.5. The van der Waals surface area contributed by atoms with Crippen LogP contribution in [0.25, 0.3) is 0 Å². The third-order valence-electron chi connectivity index (χ3n) is 3.16. The molecule has 1 aliphatic carbocycles. The van der Waals surface area contributed by atoms with Gasteiger partial charge in [0, 0.05) is 0 Å². The zero-order chi connectivity index (χ0) is 13.6. The Hall–Kier alpha value is 0.910. The summed E-state index contributed by atoms with van der Waals surface area (Å²) in [7, 11) is 0. The lowest BCUT2D eigenvalue weighted by Gasteiger charge is -2.20. The predicted molar refractivity (Wildman–Crippen MR) is 80.7 cm³/mol. The van der Waals surface area contributed by atoms with Crippen LogP contribution in [-0.4, -0.2) is 13.7 Å². The summed E-state index contributed by atoms with van der Waals surface area (Å²) in [4.78, 5) is 12.1. The highest BCUT2D eigenvalue weighted by Crippen LogP contribution is 2.64. The average molecular weight is 435 g/mol. The lowest BCUT2D eigenvalue weighted by Crippen LogP contribution is -2.26. The lowest BCUT2D eigenvalue weighted by atomic mass is 10.1. The molecule has 5 heteroatoms. The Balaban J connectivity index is 2.65. The summed E-state index contributed by atoms with van der Waals surface area (Å²) < 4.78 is 5.17. The molecule has 0 bridgehead atoms. The van der Waals surface area contributed by atoms with Crippen molar-refractivity contribution in [3.8, 4) is 0 Å². The van der Waals surface area contributed by atoms with Gasteiger partial charge in [-0.2, -0.15) is 0 Å². The first-order valence-electron chi connectivity index (χ1n) is 5.64. The Morgan fingerprint density at radius 2 is 1.71 bits per heavy atom. The van der Waals surface area contributed by atoms with E-state index in [9.17, 15) is 4.79 Å². The third kappa shape index (κ3) is 4.50. The highest BCUT2D eigenvalue weighted by molar-refractivity contribution is 9.39. The van der Waals surface area contributed by atoms with Crippen molar-refractivity contribution in [2.45, 2.75) is 48.8 Å². The molecule has 0 radical (unpaired) electrons. The average Bonchev–Trinajstić information content (AvgIpc) is 2.44. The smallest absolute Gasteiger partial charge is 0.310 e. The molecule has 0 amide bonds. The molecular weight excluding hydrogens is 416 g/mol. The zero-order valence-electron chi connectivity index (χ0n) is 10.8. The molecule has 0 N–H and O–H groups in total. The van der Waals surface area contributed by atoms with Crippen LogP contribution in [0, 0.1) is 17.3 Å². The fourth-order valence-corrected chi connectivity index (χ4v) is 3.25. The maximum atomic E-state index is 12.1. The van der Waals surface area contributed by atoms with Gasteiger partial charge in [-0.1, -0.05) is 61.6 Å². The van der Waals surface area contributed by atoms with Crippen LogP contribution in [0.3, 0.4) is 0 Å². The summed E-state index contributed by atoms with van der Waals surface area (Å²) in [5.74, 6) is 0.244. The number of carbonyl (C=O) groups excluding carboxylic acids is 1. The molecule has 0 aromatic rings. The van der Waals surface area contributed by atoms with Crippen molar-refractivity contribution in [1.82, 2.24) is 0 Å². The van der Waals surface area contributed by atoms with Gasteiger partial charge in [0.25, 0.3) is 0 Å². The maximum Gasteiger partial charge on any atom is 0.310 e. The Kier molecular flexibility index (Phi) is 4.49. The standard InChI is InChI=1S/C12H19Br3O2/c1-10(2,3)17-9(16)8-7(11(8,4)5)6-12(13,14)15/h7-8H,6H2,1-5H3. The largest absolute Gasteiger partial charge is 0.460 e. The third-order valence-corrected chi connectivity index (χ3v) is 4.13. The number of carbonyl (C=O) groups is 1. The van der Waals surface area contributed by atoms with E-state index < -0.39 is 5.60 Å². The molecule has 1 aliphatic rings. The van der Waals surface area contributed by atoms with Crippen molar-refractivity contribution in [2.75, 3.05) is 0 Å². The van der Waals surface area contributed by atoms with E-state index in [1.165, 1.54) is 0 Å². The van der Waals surface area contributed by atoms with E-state index >= 15 is 0 Å². The molecular formula is C12H19Br3O2. The molecule has 0 aromatic heterocycles. The van der Waals surface area contributed by atoms with E-state index in [4.69, 9.17) is 4.74 Å². The molecule has 17 heavy (non-hydrogen) atoms. The van der Waals surface area contributed by atoms with Gasteiger partial charge in [0.1, 0.15) is 7.74 Å². The Morgan fingerprint density at radius 3 is 2.06 bits per heavy atom. The van der Waals surface area contributed by atoms with E-state index in [1.807, 2.05) is 20.8 Å². The summed E-state index contributed by atoms with van der Waals surface area (Å²) in [5, 5.41) is 0. The van der Waals surface area contributed by atoms with Crippen LogP contribution in [0.4, 0.5) is 0 Å². The first kappa shape index (κ1) is 16.0. The normalized spacial score (nSPS) is 27.8. The molecule has 2 nitrogen and oxygen atoms in total. The van der Waals surface area contributed by atoms with Gasteiger partial charge >= 0.3 is 5.97 Å². The molecule has 0 aliphatic heterocycles. The number of halogens is 3. The van der Waals surface area contributed by atoms with Crippen LogP contribution >= 0.6 is 47.8 Å². The number of ether oxygens (including phenoxy) is 1. The molecule has 0 aromatic carbocycles. The van der Waals surface area contributed by atoms with Crippen molar-refractivity contribution < 1.29 is 9.53 Å². The van der Waals surface area contributed by atoms with Crippen molar-refractivity contribution in [3.05, 3.63) is 0 Å². The molecule has 1 saturated carbocycles. The Morgan fingerprint density at radius 1 is 1.24 bits per heavy atom. The summed E-state index contributed by atoms with van der Waals surface area (Å²) in [5.41, 5.74) is -0.391. The van der Waals surface area contributed by atoms with E-state index in [2.05, 4.69) is 61.6 Å². The minimum absolute atomic E-state index is 0.00579. The van der Waals surface area contributed by atoms with Crippen LogP contribution in [0.5, 0.6) is 0 Å². The van der Waals surface area contributed by atoms with Crippen molar-refractivity contribution in [2.24, 2.45) is 17.3 Å². The van der Waals surface area contributed by atoms with Crippen LogP contribution in [0.1, 0.15) is 41.0 Å². The summed E-state index contributed by atoms with van der Waals surface area (Å²) in [6, 6.07) is 0. The maximum absolute atomic E-state index is 12.1. The van der Waals surface area contributed by atoms with Gasteiger partial charge in [-0.3, -0.25) is 4.79 Å². The highest BCUT2D eigenvalue weighted by atomic mass is 80.0. The van der Waals surface area contributed by atoms with Crippen molar-refractivity contribution >= 4 is 53.8 Å². The first-order chi connectivity index (χ1) is 7.34. The van der Waals surface area contributed by atoms with Crippen LogP contribution in [-0.2, 0) is 9.53 Å². The number of hydrogen-bond acceptors (Lipinski definition) is 2. The van der Waals surface area contributed by atoms with Crippen molar-refractivity contribution in [1.29, 1.82) is 0 Å². The molecule has 2 unspecified atom stereocenters. The van der Waals surface area contributed by atoms with E-state index in [0.717, 1.165) is 6.42 Å². The van der Waals surface area contributed by atoms with Gasteiger partial charge in [0.15, 0.2) is 0 Å². The number of rotatable bonds is 2. The van der Waals surface area contributed by atoms with E-state index in [0.29, 0.717) is 5.92 Å². The van der Waals surface area contributed by atoms with Crippen molar-refractivity contribution in [3.63, 3.8) is 0 Å². The number of esters is 1. The molecule has 2 atom stereocenters. The van der Waals surface area contributed by atoms with Gasteiger partial charge in [-0.05, 0) is 38.5 Å². The van der Waals surface area contributed by atoms with Gasteiger partial charge in [-0.25, -0.2) is 0 Å². The first-order valence-corrected chi connectivity index (χ1v) is 8.02. The second-order valence-electron chi connectivity index (χ2n) is 6.26. The van der Waals surface area contributed by atoms with E-state index in [1.54, 1.807) is 0 Å². The molecule has 0 spiro atoms. The minimum Gasteiger partial charge on any atom is -0.460 e.